The van der Waals surface area contributed by atoms with E-state index in [1.54, 1.807) is 0 Å². The van der Waals surface area contributed by atoms with Gasteiger partial charge in [0.1, 0.15) is 5.71 Å². The Morgan fingerprint density at radius 3 is 2.50 bits per heavy atom. The zero-order valence-electron chi connectivity index (χ0n) is 10.9. The van der Waals surface area contributed by atoms with E-state index in [-0.39, 0.29) is 16.7 Å². The summed E-state index contributed by atoms with van der Waals surface area (Å²) in [6.07, 6.45) is 0.465. The van der Waals surface area contributed by atoms with Crippen molar-refractivity contribution in [3.8, 4) is 0 Å². The Morgan fingerprint density at radius 1 is 1.28 bits per heavy atom. The minimum Gasteiger partial charge on any atom is -0.363 e. The zero-order chi connectivity index (χ0) is 13.2. The number of oxime groups is 1. The Labute approximate surface area is 116 Å². The molecule has 0 aliphatic carbocycles. The van der Waals surface area contributed by atoms with Crippen molar-refractivity contribution >= 4 is 21.6 Å². The summed E-state index contributed by atoms with van der Waals surface area (Å²) in [5.41, 5.74) is 1.77. The number of halogens is 1. The van der Waals surface area contributed by atoms with E-state index in [0.29, 0.717) is 0 Å². The molecule has 4 heteroatoms. The van der Waals surface area contributed by atoms with Crippen LogP contribution in [-0.4, -0.2) is 22.4 Å². The summed E-state index contributed by atoms with van der Waals surface area (Å²) < 4.78 is 5.77. The summed E-state index contributed by atoms with van der Waals surface area (Å²) in [7, 11) is 0. The summed E-state index contributed by atoms with van der Waals surface area (Å²) >= 11 is 3.65. The summed E-state index contributed by atoms with van der Waals surface area (Å²) in [4.78, 5) is 5.58. The zero-order valence-corrected chi connectivity index (χ0v) is 12.5. The smallest absolute Gasteiger partial charge is 0.228 e. The van der Waals surface area contributed by atoms with Crippen LogP contribution in [0.15, 0.2) is 35.5 Å². The monoisotopic (exact) mass is 311 g/mol. The molecule has 1 heterocycles. The fraction of sp³-hybridized carbons (Fsp3) is 0.500. The van der Waals surface area contributed by atoms with E-state index in [1.807, 2.05) is 51.1 Å². The lowest BCUT2D eigenvalue weighted by molar-refractivity contribution is -0.200. The highest BCUT2D eigenvalue weighted by molar-refractivity contribution is 9.10. The van der Waals surface area contributed by atoms with Crippen molar-refractivity contribution in [3.05, 3.63) is 35.9 Å². The van der Waals surface area contributed by atoms with Crippen molar-refractivity contribution in [2.45, 2.75) is 43.9 Å². The maximum Gasteiger partial charge on any atom is 0.228 e. The van der Waals surface area contributed by atoms with Gasteiger partial charge >= 0.3 is 0 Å². The average molecular weight is 312 g/mol. The van der Waals surface area contributed by atoms with Crippen molar-refractivity contribution in [1.82, 2.24) is 0 Å². The van der Waals surface area contributed by atoms with E-state index < -0.39 is 0 Å². The molecular weight excluding hydrogens is 294 g/mol. The van der Waals surface area contributed by atoms with E-state index in [1.165, 1.54) is 0 Å². The van der Waals surface area contributed by atoms with Crippen LogP contribution in [-0.2, 0) is 9.57 Å². The van der Waals surface area contributed by atoms with E-state index in [0.717, 1.165) is 17.7 Å². The van der Waals surface area contributed by atoms with Crippen molar-refractivity contribution in [2.75, 3.05) is 0 Å². The Hall–Kier alpha value is -0.870. The standard InChI is InChI=1S/C14H18BrNO2/c1-14(2,3)17-12-9-11(15)13(16-18-12)10-7-5-4-6-8-10/h4-8,11-12H,9H2,1-3H3/t11-,12-/m0/s1. The van der Waals surface area contributed by atoms with Gasteiger partial charge in [-0.1, -0.05) is 51.4 Å². The second-order valence-corrected chi connectivity index (χ2v) is 6.42. The van der Waals surface area contributed by atoms with Crippen LogP contribution in [0.4, 0.5) is 0 Å². The van der Waals surface area contributed by atoms with Gasteiger partial charge in [-0.05, 0) is 20.8 Å². The van der Waals surface area contributed by atoms with Gasteiger partial charge < -0.3 is 9.57 Å². The molecule has 1 aliphatic heterocycles. The summed E-state index contributed by atoms with van der Waals surface area (Å²) in [5.74, 6) is 0. The normalized spacial score (nSPS) is 24.3. The first kappa shape index (κ1) is 13.6. The van der Waals surface area contributed by atoms with Crippen molar-refractivity contribution in [1.29, 1.82) is 0 Å². The molecule has 0 amide bonds. The highest BCUT2D eigenvalue weighted by Crippen LogP contribution is 2.26. The molecule has 0 unspecified atom stereocenters. The lowest BCUT2D eigenvalue weighted by atomic mass is 10.0. The second-order valence-electron chi connectivity index (χ2n) is 5.31. The Morgan fingerprint density at radius 2 is 1.94 bits per heavy atom. The van der Waals surface area contributed by atoms with E-state index >= 15 is 0 Å². The highest BCUT2D eigenvalue weighted by atomic mass is 79.9. The van der Waals surface area contributed by atoms with Gasteiger partial charge in [-0.25, -0.2) is 0 Å². The molecule has 1 aliphatic rings. The predicted molar refractivity (Wildman–Crippen MR) is 76.0 cm³/mol. The van der Waals surface area contributed by atoms with Crippen LogP contribution in [0.5, 0.6) is 0 Å². The Bertz CT molecular complexity index is 425. The molecule has 2 atom stereocenters. The van der Waals surface area contributed by atoms with Crippen LogP contribution in [0.1, 0.15) is 32.8 Å². The lowest BCUT2D eigenvalue weighted by Gasteiger charge is -2.30. The van der Waals surface area contributed by atoms with Gasteiger partial charge in [0.25, 0.3) is 0 Å². The number of rotatable bonds is 2. The molecule has 0 saturated heterocycles. The van der Waals surface area contributed by atoms with Gasteiger partial charge in [0.15, 0.2) is 0 Å². The SMILES string of the molecule is CC(C)(C)O[C@@H]1C[C@H](Br)C(c2ccccc2)=NO1. The van der Waals surface area contributed by atoms with Crippen LogP contribution in [0.25, 0.3) is 0 Å². The molecule has 2 rings (SSSR count). The van der Waals surface area contributed by atoms with Gasteiger partial charge in [0, 0.05) is 12.0 Å². The van der Waals surface area contributed by atoms with Gasteiger partial charge in [-0.15, -0.1) is 0 Å². The molecule has 0 radical (unpaired) electrons. The third-order valence-corrected chi connectivity index (χ3v) is 3.33. The van der Waals surface area contributed by atoms with Gasteiger partial charge in [-0.3, -0.25) is 0 Å². The van der Waals surface area contributed by atoms with Crippen LogP contribution < -0.4 is 0 Å². The molecule has 0 spiro atoms. The fourth-order valence-electron chi connectivity index (χ4n) is 1.80. The molecule has 1 aromatic carbocycles. The Balaban J connectivity index is 2.09. The molecule has 0 bridgehead atoms. The fourth-order valence-corrected chi connectivity index (χ4v) is 2.46. The van der Waals surface area contributed by atoms with Crippen LogP contribution >= 0.6 is 15.9 Å². The van der Waals surface area contributed by atoms with Crippen molar-refractivity contribution in [2.24, 2.45) is 5.16 Å². The van der Waals surface area contributed by atoms with Crippen molar-refractivity contribution < 1.29 is 9.57 Å². The lowest BCUT2D eigenvalue weighted by Crippen LogP contribution is -2.35. The predicted octanol–water partition coefficient (Wildman–Crippen LogP) is 3.72. The van der Waals surface area contributed by atoms with Crippen LogP contribution in [0, 0.1) is 0 Å². The minimum absolute atomic E-state index is 0.154. The number of ether oxygens (including phenoxy) is 1. The van der Waals surface area contributed by atoms with Crippen molar-refractivity contribution in [3.63, 3.8) is 0 Å². The molecule has 18 heavy (non-hydrogen) atoms. The van der Waals surface area contributed by atoms with Gasteiger partial charge in [0.2, 0.25) is 6.29 Å². The topological polar surface area (TPSA) is 30.8 Å². The highest BCUT2D eigenvalue weighted by Gasteiger charge is 2.30. The van der Waals surface area contributed by atoms with E-state index in [2.05, 4.69) is 21.1 Å². The number of alkyl halides is 1. The summed E-state index contributed by atoms with van der Waals surface area (Å²) in [5, 5.41) is 4.19. The average Bonchev–Trinajstić information content (AvgIpc) is 2.28. The maximum atomic E-state index is 5.77. The number of hydrogen-bond donors (Lipinski definition) is 0. The van der Waals surface area contributed by atoms with Gasteiger partial charge in [-0.2, -0.15) is 0 Å². The van der Waals surface area contributed by atoms with Crippen LogP contribution in [0.3, 0.4) is 0 Å². The first-order valence-electron chi connectivity index (χ1n) is 6.07. The first-order valence-corrected chi connectivity index (χ1v) is 6.98. The summed E-state index contributed by atoms with van der Waals surface area (Å²) in [6.45, 7) is 6.03. The second kappa shape index (κ2) is 5.41. The molecular formula is C14H18BrNO2. The number of nitrogens with zero attached hydrogens (tertiary/aromatic N) is 1. The molecule has 0 fully saturated rings. The molecule has 0 saturated carbocycles. The third-order valence-electron chi connectivity index (χ3n) is 2.52. The quantitative estimate of drug-likeness (QED) is 0.779. The number of benzene rings is 1. The largest absolute Gasteiger partial charge is 0.363 e. The van der Waals surface area contributed by atoms with E-state index in [9.17, 15) is 0 Å². The maximum absolute atomic E-state index is 5.77. The Kier molecular flexibility index (Phi) is 4.07. The first-order chi connectivity index (χ1) is 8.46. The third kappa shape index (κ3) is 3.56. The van der Waals surface area contributed by atoms with Gasteiger partial charge in [0.05, 0.1) is 10.4 Å². The molecule has 0 aromatic heterocycles. The molecule has 0 N–H and O–H groups in total. The number of hydrogen-bond acceptors (Lipinski definition) is 3. The van der Waals surface area contributed by atoms with Crippen LogP contribution in [0.2, 0.25) is 0 Å². The summed E-state index contributed by atoms with van der Waals surface area (Å²) in [6, 6.07) is 10.0. The minimum atomic E-state index is -0.290. The van der Waals surface area contributed by atoms with E-state index in [4.69, 9.17) is 9.57 Å². The molecule has 98 valence electrons. The molecule has 1 aromatic rings. The molecule has 3 nitrogen and oxygen atoms in total.